The Hall–Kier alpha value is -2.86. The molecule has 0 aromatic rings. The van der Waals surface area contributed by atoms with Crippen LogP contribution in [-0.2, 0) is 75.7 Å². The lowest BCUT2D eigenvalue weighted by Gasteiger charge is -2.32. The van der Waals surface area contributed by atoms with Crippen molar-refractivity contribution in [2.24, 2.45) is 5.92 Å². The van der Waals surface area contributed by atoms with Crippen molar-refractivity contribution in [3.05, 3.63) is 0 Å². The van der Waals surface area contributed by atoms with Gasteiger partial charge in [0.2, 0.25) is 29.5 Å². The molecule has 0 aromatic carbocycles. The standard InChI is InChI=1S/C40H76N5O17P/c1-32(2)63(51,52)62-34-10-8-33(9-11-34)39(49)44-35(29-43-36(46)7-6-14-56-23-26-59-20-17-53-3)40(50)45(30-37(47)41-12-15-57-24-27-60-21-18-54-4)31-38(48)42-13-16-58-25-28-61-22-19-55-5/h32-35H,6-31H2,1-5H3,(H,41,47)(H,42,48)(H,43,46)(H,44,49)(H,51,52). The van der Waals surface area contributed by atoms with E-state index in [4.69, 9.17) is 47.2 Å². The molecule has 368 valence electrons. The van der Waals surface area contributed by atoms with Crippen LogP contribution in [0.15, 0.2) is 0 Å². The molecule has 5 amide bonds. The molecule has 0 bridgehead atoms. The van der Waals surface area contributed by atoms with Gasteiger partial charge < -0.3 is 78.2 Å². The average molecular weight is 930 g/mol. The maximum absolute atomic E-state index is 14.3. The molecule has 23 heteroatoms. The van der Waals surface area contributed by atoms with Crippen molar-refractivity contribution in [3.63, 3.8) is 0 Å². The lowest BCUT2D eigenvalue weighted by molar-refractivity contribution is -0.143. The van der Waals surface area contributed by atoms with E-state index in [0.717, 1.165) is 4.90 Å². The molecule has 1 saturated carbocycles. The molecule has 1 aliphatic carbocycles. The fourth-order valence-corrected chi connectivity index (χ4v) is 6.58. The molecule has 22 nitrogen and oxygen atoms in total. The van der Waals surface area contributed by atoms with Gasteiger partial charge in [-0.05, 0) is 32.1 Å². The van der Waals surface area contributed by atoms with Crippen LogP contribution in [0.4, 0.5) is 0 Å². The van der Waals surface area contributed by atoms with Crippen LogP contribution in [0.2, 0.25) is 0 Å². The van der Waals surface area contributed by atoms with Crippen LogP contribution in [0.3, 0.4) is 0 Å². The molecule has 1 aliphatic rings. The van der Waals surface area contributed by atoms with E-state index >= 15 is 0 Å². The van der Waals surface area contributed by atoms with Gasteiger partial charge in [0.1, 0.15) is 19.1 Å². The monoisotopic (exact) mass is 929 g/mol. The van der Waals surface area contributed by atoms with Gasteiger partial charge in [0.25, 0.3) is 0 Å². The Morgan fingerprint density at radius 1 is 0.603 bits per heavy atom. The van der Waals surface area contributed by atoms with E-state index in [1.54, 1.807) is 35.2 Å². The zero-order valence-electron chi connectivity index (χ0n) is 38.1. The van der Waals surface area contributed by atoms with Gasteiger partial charge in [-0.2, -0.15) is 0 Å². The minimum atomic E-state index is -3.83. The van der Waals surface area contributed by atoms with E-state index in [9.17, 15) is 33.4 Å². The summed E-state index contributed by atoms with van der Waals surface area (Å²) in [6, 6.07) is -1.36. The summed E-state index contributed by atoms with van der Waals surface area (Å²) >= 11 is 0. The largest absolute Gasteiger partial charge is 0.382 e. The number of hydrogen-bond acceptors (Lipinski definition) is 16. The van der Waals surface area contributed by atoms with E-state index in [1.165, 1.54) is 0 Å². The number of hydrogen-bond donors (Lipinski definition) is 5. The van der Waals surface area contributed by atoms with Crippen molar-refractivity contribution >= 4 is 37.1 Å². The van der Waals surface area contributed by atoms with Crippen LogP contribution in [-0.4, -0.2) is 210 Å². The molecule has 63 heavy (non-hydrogen) atoms. The maximum Gasteiger partial charge on any atom is 0.330 e. The van der Waals surface area contributed by atoms with Crippen LogP contribution in [0.5, 0.6) is 0 Å². The van der Waals surface area contributed by atoms with Crippen LogP contribution in [0, 0.1) is 5.92 Å². The number of carbonyl (C=O) groups is 5. The zero-order chi connectivity index (χ0) is 46.6. The van der Waals surface area contributed by atoms with Gasteiger partial charge in [-0.1, -0.05) is 13.8 Å². The number of ether oxygens (including phenoxy) is 9. The highest BCUT2D eigenvalue weighted by Gasteiger charge is 2.35. The van der Waals surface area contributed by atoms with Crippen LogP contribution in [0.1, 0.15) is 52.4 Å². The molecular formula is C40H76N5O17P. The Bertz CT molecular complexity index is 1260. The Morgan fingerprint density at radius 3 is 1.48 bits per heavy atom. The second-order valence-corrected chi connectivity index (χ2v) is 17.1. The Morgan fingerprint density at radius 2 is 1.03 bits per heavy atom. The number of methoxy groups -OCH3 is 3. The molecular weight excluding hydrogens is 853 g/mol. The van der Waals surface area contributed by atoms with Crippen LogP contribution >= 0.6 is 7.60 Å². The number of nitrogens with one attached hydrogen (secondary N) is 4. The van der Waals surface area contributed by atoms with E-state index in [1.807, 2.05) is 0 Å². The van der Waals surface area contributed by atoms with Crippen molar-refractivity contribution in [2.45, 2.75) is 70.2 Å². The molecule has 1 fully saturated rings. The van der Waals surface area contributed by atoms with Gasteiger partial charge in [-0.25, -0.2) is 0 Å². The molecule has 0 spiro atoms. The number of carbonyl (C=O) groups excluding carboxylic acids is 5. The molecule has 2 atom stereocenters. The van der Waals surface area contributed by atoms with Gasteiger partial charge in [0.05, 0.1) is 104 Å². The van der Waals surface area contributed by atoms with E-state index in [-0.39, 0.29) is 59.1 Å². The minimum absolute atomic E-state index is 0.0612. The van der Waals surface area contributed by atoms with Gasteiger partial charge in [-0.3, -0.25) is 28.5 Å². The van der Waals surface area contributed by atoms with Crippen molar-refractivity contribution in [1.29, 1.82) is 0 Å². The third-order valence-electron chi connectivity index (χ3n) is 9.34. The first-order chi connectivity index (χ1) is 30.3. The topological polar surface area (TPSA) is 266 Å². The number of nitrogens with zero attached hydrogens (tertiary/aromatic N) is 1. The fourth-order valence-electron chi connectivity index (χ4n) is 5.70. The summed E-state index contributed by atoms with van der Waals surface area (Å²) in [5, 5.41) is 10.8. The predicted molar refractivity (Wildman–Crippen MR) is 229 cm³/mol. The summed E-state index contributed by atoms with van der Waals surface area (Å²) in [4.78, 5) is 78.4. The van der Waals surface area contributed by atoms with Gasteiger partial charge in [-0.15, -0.1) is 0 Å². The minimum Gasteiger partial charge on any atom is -0.382 e. The first-order valence-electron chi connectivity index (χ1n) is 21.7. The van der Waals surface area contributed by atoms with E-state index < -0.39 is 73.9 Å². The van der Waals surface area contributed by atoms with Gasteiger partial charge in [0, 0.05) is 59.9 Å². The third kappa shape index (κ3) is 30.1. The lowest BCUT2D eigenvalue weighted by atomic mass is 9.86. The lowest BCUT2D eigenvalue weighted by Crippen LogP contribution is -2.57. The van der Waals surface area contributed by atoms with E-state index in [0.29, 0.717) is 98.2 Å². The molecule has 0 radical (unpaired) electrons. The van der Waals surface area contributed by atoms with Crippen molar-refractivity contribution in [1.82, 2.24) is 26.2 Å². The first-order valence-corrected chi connectivity index (χ1v) is 23.3. The second-order valence-electron chi connectivity index (χ2n) is 14.8. The van der Waals surface area contributed by atoms with E-state index in [2.05, 4.69) is 21.3 Å². The smallest absolute Gasteiger partial charge is 0.330 e. The van der Waals surface area contributed by atoms with Gasteiger partial charge in [0.15, 0.2) is 0 Å². The predicted octanol–water partition coefficient (Wildman–Crippen LogP) is -0.363. The van der Waals surface area contributed by atoms with Crippen LogP contribution in [0.25, 0.3) is 0 Å². The molecule has 2 unspecified atom stereocenters. The molecule has 0 aliphatic heterocycles. The van der Waals surface area contributed by atoms with Crippen molar-refractivity contribution in [3.8, 4) is 0 Å². The maximum atomic E-state index is 14.3. The van der Waals surface area contributed by atoms with Crippen LogP contribution < -0.4 is 21.3 Å². The summed E-state index contributed by atoms with van der Waals surface area (Å²) in [5.74, 6) is -3.43. The highest BCUT2D eigenvalue weighted by Crippen LogP contribution is 2.50. The normalized spacial score (nSPS) is 16.6. The molecule has 0 aromatic heterocycles. The van der Waals surface area contributed by atoms with Gasteiger partial charge >= 0.3 is 7.60 Å². The quantitative estimate of drug-likeness (QED) is 0.0388. The second kappa shape index (κ2) is 37.4. The Kier molecular flexibility index (Phi) is 34.5. The molecule has 5 N–H and O–H groups in total. The van der Waals surface area contributed by atoms with Crippen molar-refractivity contribution < 1.29 is 80.6 Å². The number of rotatable bonds is 40. The molecule has 0 saturated heterocycles. The third-order valence-corrected chi connectivity index (χ3v) is 11.2. The Balaban J connectivity index is 3.02. The first kappa shape index (κ1) is 58.2. The summed E-state index contributed by atoms with van der Waals surface area (Å²) in [6.45, 7) is 7.17. The number of amides is 5. The Labute approximate surface area is 372 Å². The zero-order valence-corrected chi connectivity index (χ0v) is 39.0. The summed E-state index contributed by atoms with van der Waals surface area (Å²) in [7, 11) is 0.892. The average Bonchev–Trinajstić information content (AvgIpc) is 3.25. The SMILES string of the molecule is COCCOCCOCCCC(=O)NCC(NC(=O)C1CCC(OP(=O)(O)C(C)C)CC1)C(=O)N(CC(=O)NCCOCCOCCOC)CC(=O)NCCOCCOCCOC. The summed E-state index contributed by atoms with van der Waals surface area (Å²) < 4.78 is 65.3. The molecule has 1 rings (SSSR count). The molecule has 0 heterocycles. The van der Waals surface area contributed by atoms with Crippen molar-refractivity contribution in [2.75, 3.05) is 153 Å². The fraction of sp³-hybridized carbons (Fsp3) is 0.875. The highest BCUT2D eigenvalue weighted by atomic mass is 31.2. The summed E-state index contributed by atoms with van der Waals surface area (Å²) in [5.41, 5.74) is -0.583. The summed E-state index contributed by atoms with van der Waals surface area (Å²) in [6.07, 6.45) is 1.24. The highest BCUT2D eigenvalue weighted by molar-refractivity contribution is 7.53.